The van der Waals surface area contributed by atoms with Gasteiger partial charge < -0.3 is 20.3 Å². The molecule has 0 aromatic heterocycles. The first-order chi connectivity index (χ1) is 13.8. The molecule has 30 heavy (non-hydrogen) atoms. The maximum atomic E-state index is 12.1. The number of amides is 1. The highest BCUT2D eigenvalue weighted by Gasteiger charge is 2.27. The Kier molecular flexibility index (Phi) is 11.5. The van der Waals surface area contributed by atoms with Crippen LogP contribution in [-0.4, -0.2) is 55.2 Å². The first kappa shape index (κ1) is 26.5. The summed E-state index contributed by atoms with van der Waals surface area (Å²) in [6.07, 6.45) is -2.93. The van der Waals surface area contributed by atoms with E-state index in [2.05, 4.69) is 20.4 Å². The van der Waals surface area contributed by atoms with Gasteiger partial charge in [-0.15, -0.1) is 24.0 Å². The second kappa shape index (κ2) is 13.0. The van der Waals surface area contributed by atoms with Crippen molar-refractivity contribution in [2.45, 2.75) is 52.1 Å². The summed E-state index contributed by atoms with van der Waals surface area (Å²) in [5, 5.41) is 6.57. The molecule has 1 unspecified atom stereocenters. The molecule has 6 nitrogen and oxygen atoms in total. The molecular weight excluding hydrogens is 512 g/mol. The Morgan fingerprint density at radius 2 is 1.90 bits per heavy atom. The molecule has 2 N–H and O–H groups in total. The third kappa shape index (κ3) is 9.50. The highest BCUT2D eigenvalue weighted by Crippen LogP contribution is 2.16. The molecule has 2 rings (SSSR count). The summed E-state index contributed by atoms with van der Waals surface area (Å²) in [5.74, 6) is 0.844. The zero-order chi connectivity index (χ0) is 21.3. The first-order valence-electron chi connectivity index (χ1n) is 9.85. The average Bonchev–Trinajstić information content (AvgIpc) is 3.14. The number of carbonyl (C=O) groups is 1. The quantitative estimate of drug-likeness (QED) is 0.300. The van der Waals surface area contributed by atoms with Crippen molar-refractivity contribution < 1.29 is 22.7 Å². The van der Waals surface area contributed by atoms with E-state index in [9.17, 15) is 18.0 Å². The molecule has 1 atom stereocenters. The van der Waals surface area contributed by atoms with Gasteiger partial charge in [-0.1, -0.05) is 31.2 Å². The molecule has 1 saturated heterocycles. The minimum Gasteiger partial charge on any atom is -0.367 e. The van der Waals surface area contributed by atoms with E-state index in [1.807, 2.05) is 30.9 Å². The van der Waals surface area contributed by atoms with E-state index >= 15 is 0 Å². The number of nitrogens with one attached hydrogen (secondary N) is 2. The van der Waals surface area contributed by atoms with Crippen molar-refractivity contribution in [2.75, 3.05) is 26.2 Å². The molecule has 1 aliphatic rings. The van der Waals surface area contributed by atoms with Crippen LogP contribution in [0.15, 0.2) is 29.3 Å². The number of nitrogens with zero attached hydrogens (tertiary/aromatic N) is 2. The van der Waals surface area contributed by atoms with Gasteiger partial charge in [-0.2, -0.15) is 13.2 Å². The SMILES string of the molecule is CCNC(=NCc1ccc(COCC(F)(F)F)cc1)NC1CCN(C(=O)CC)C1.I. The average molecular weight is 542 g/mol. The van der Waals surface area contributed by atoms with E-state index in [-0.39, 0.29) is 42.5 Å². The fourth-order valence-electron chi connectivity index (χ4n) is 3.04. The zero-order valence-electron chi connectivity index (χ0n) is 17.3. The number of ether oxygens (including phenoxy) is 1. The lowest BCUT2D eigenvalue weighted by Crippen LogP contribution is -2.45. The van der Waals surface area contributed by atoms with E-state index in [1.165, 1.54) is 0 Å². The van der Waals surface area contributed by atoms with Crippen LogP contribution in [0.5, 0.6) is 0 Å². The Bertz CT molecular complexity index is 684. The summed E-state index contributed by atoms with van der Waals surface area (Å²) in [5.41, 5.74) is 1.62. The highest BCUT2D eigenvalue weighted by atomic mass is 127. The summed E-state index contributed by atoms with van der Waals surface area (Å²) in [4.78, 5) is 18.2. The predicted molar refractivity (Wildman–Crippen MR) is 121 cm³/mol. The highest BCUT2D eigenvalue weighted by molar-refractivity contribution is 14.0. The number of alkyl halides is 3. The fourth-order valence-corrected chi connectivity index (χ4v) is 3.04. The smallest absolute Gasteiger partial charge is 0.367 e. The maximum Gasteiger partial charge on any atom is 0.411 e. The van der Waals surface area contributed by atoms with E-state index in [1.54, 1.807) is 12.1 Å². The topological polar surface area (TPSA) is 66.0 Å². The first-order valence-corrected chi connectivity index (χ1v) is 9.85. The van der Waals surface area contributed by atoms with Crippen molar-refractivity contribution in [3.05, 3.63) is 35.4 Å². The second-order valence-corrected chi connectivity index (χ2v) is 6.94. The number of likely N-dealkylation sites (tertiary alicyclic amines) is 1. The van der Waals surface area contributed by atoms with Crippen molar-refractivity contribution >= 4 is 35.8 Å². The van der Waals surface area contributed by atoms with Gasteiger partial charge in [-0.25, -0.2) is 4.99 Å². The van der Waals surface area contributed by atoms with Gasteiger partial charge in [0, 0.05) is 32.1 Å². The van der Waals surface area contributed by atoms with Crippen molar-refractivity contribution in [1.82, 2.24) is 15.5 Å². The lowest BCUT2D eigenvalue weighted by Gasteiger charge is -2.18. The molecule has 1 aromatic carbocycles. The van der Waals surface area contributed by atoms with Crippen LogP contribution in [0.3, 0.4) is 0 Å². The lowest BCUT2D eigenvalue weighted by molar-refractivity contribution is -0.176. The van der Waals surface area contributed by atoms with Gasteiger partial charge in [0.1, 0.15) is 6.61 Å². The summed E-state index contributed by atoms with van der Waals surface area (Å²) >= 11 is 0. The fraction of sp³-hybridized carbons (Fsp3) is 0.600. The number of benzene rings is 1. The van der Waals surface area contributed by atoms with Gasteiger partial charge >= 0.3 is 6.18 Å². The Morgan fingerprint density at radius 3 is 2.50 bits per heavy atom. The van der Waals surface area contributed by atoms with Crippen LogP contribution in [0.25, 0.3) is 0 Å². The lowest BCUT2D eigenvalue weighted by atomic mass is 10.1. The monoisotopic (exact) mass is 542 g/mol. The molecule has 170 valence electrons. The van der Waals surface area contributed by atoms with E-state index < -0.39 is 12.8 Å². The summed E-state index contributed by atoms with van der Waals surface area (Å²) < 4.78 is 41.0. The van der Waals surface area contributed by atoms with Gasteiger partial charge in [0.25, 0.3) is 0 Å². The number of guanidine groups is 1. The van der Waals surface area contributed by atoms with Crippen molar-refractivity contribution in [2.24, 2.45) is 4.99 Å². The minimum atomic E-state index is -4.31. The Morgan fingerprint density at radius 1 is 1.23 bits per heavy atom. The van der Waals surface area contributed by atoms with Crippen molar-refractivity contribution in [1.29, 1.82) is 0 Å². The molecule has 1 amide bonds. The Labute approximate surface area is 192 Å². The van der Waals surface area contributed by atoms with E-state index in [0.29, 0.717) is 37.6 Å². The van der Waals surface area contributed by atoms with Crippen LogP contribution < -0.4 is 10.6 Å². The Balaban J connectivity index is 0.00000450. The number of hydrogen-bond donors (Lipinski definition) is 2. The summed E-state index contributed by atoms with van der Waals surface area (Å²) in [7, 11) is 0. The van der Waals surface area contributed by atoms with Gasteiger partial charge in [0.05, 0.1) is 13.2 Å². The Hall–Kier alpha value is -1.56. The van der Waals surface area contributed by atoms with Crippen LogP contribution in [-0.2, 0) is 22.7 Å². The number of hydrogen-bond acceptors (Lipinski definition) is 3. The number of carbonyl (C=O) groups excluding carboxylic acids is 1. The second-order valence-electron chi connectivity index (χ2n) is 6.94. The van der Waals surface area contributed by atoms with Crippen molar-refractivity contribution in [3.63, 3.8) is 0 Å². The summed E-state index contributed by atoms with van der Waals surface area (Å²) in [6, 6.07) is 7.31. The van der Waals surface area contributed by atoms with Crippen LogP contribution >= 0.6 is 24.0 Å². The number of aliphatic imine (C=N–C) groups is 1. The molecule has 1 aromatic rings. The molecular formula is C20H30F3IN4O2. The molecule has 0 bridgehead atoms. The maximum absolute atomic E-state index is 12.1. The largest absolute Gasteiger partial charge is 0.411 e. The standard InChI is InChI=1S/C20H29F3N4O2.HI/c1-3-18(28)27-10-9-17(12-27)26-19(24-4-2)25-11-15-5-7-16(8-6-15)13-29-14-20(21,22)23;/h5-8,17H,3-4,9-14H2,1-2H3,(H2,24,25,26);1H. The van der Waals surface area contributed by atoms with Gasteiger partial charge in [-0.3, -0.25) is 4.79 Å². The van der Waals surface area contributed by atoms with Crippen molar-refractivity contribution in [3.8, 4) is 0 Å². The van der Waals surface area contributed by atoms with E-state index in [4.69, 9.17) is 0 Å². The van der Waals surface area contributed by atoms with Crippen LogP contribution in [0.1, 0.15) is 37.8 Å². The zero-order valence-corrected chi connectivity index (χ0v) is 19.6. The third-order valence-corrected chi connectivity index (χ3v) is 4.51. The molecule has 0 aliphatic carbocycles. The van der Waals surface area contributed by atoms with Gasteiger partial charge in [-0.05, 0) is 24.5 Å². The minimum absolute atomic E-state index is 0. The molecule has 0 saturated carbocycles. The van der Waals surface area contributed by atoms with Crippen LogP contribution in [0.2, 0.25) is 0 Å². The van der Waals surface area contributed by atoms with Crippen LogP contribution in [0.4, 0.5) is 13.2 Å². The van der Waals surface area contributed by atoms with Gasteiger partial charge in [0.15, 0.2) is 5.96 Å². The molecule has 0 radical (unpaired) electrons. The predicted octanol–water partition coefficient (Wildman–Crippen LogP) is 3.45. The summed E-state index contributed by atoms with van der Waals surface area (Å²) in [6.45, 7) is 5.08. The number of halogens is 4. The number of rotatable bonds is 8. The third-order valence-electron chi connectivity index (χ3n) is 4.51. The molecule has 1 aliphatic heterocycles. The van der Waals surface area contributed by atoms with Crippen LogP contribution in [0, 0.1) is 0 Å². The molecule has 1 fully saturated rings. The molecule has 0 spiro atoms. The normalized spacial score (nSPS) is 16.9. The van der Waals surface area contributed by atoms with E-state index in [0.717, 1.165) is 18.5 Å². The molecule has 10 heteroatoms. The van der Waals surface area contributed by atoms with Gasteiger partial charge in [0.2, 0.25) is 5.91 Å². The molecule has 1 heterocycles.